The number of benzene rings is 1. The smallest absolute Gasteiger partial charge is 0.278 e. The van der Waals surface area contributed by atoms with Crippen molar-refractivity contribution >= 4 is 23.2 Å². The van der Waals surface area contributed by atoms with Gasteiger partial charge in [0.05, 0.1) is 5.02 Å². The Labute approximate surface area is 154 Å². The van der Waals surface area contributed by atoms with Crippen LogP contribution in [0.15, 0.2) is 34.9 Å². The summed E-state index contributed by atoms with van der Waals surface area (Å²) in [6.07, 6.45) is 0.655. The van der Waals surface area contributed by atoms with Crippen LogP contribution >= 0.6 is 23.2 Å². The van der Waals surface area contributed by atoms with E-state index in [4.69, 9.17) is 32.5 Å². The lowest BCUT2D eigenvalue weighted by Crippen LogP contribution is -2.24. The molecule has 1 aromatic carbocycles. The van der Waals surface area contributed by atoms with E-state index in [-0.39, 0.29) is 11.9 Å². The second kappa shape index (κ2) is 7.77. The molecule has 0 spiro atoms. The minimum Gasteiger partial charge on any atom is -0.436 e. The molecule has 25 heavy (non-hydrogen) atoms. The SMILES string of the molecule is CNC(C)Cc1noc(-c2ccc(Oc3cccc(Cl)c3Cl)nn2)n1. The van der Waals surface area contributed by atoms with Crippen LogP contribution in [0.3, 0.4) is 0 Å². The van der Waals surface area contributed by atoms with Crippen molar-refractivity contribution in [3.8, 4) is 23.2 Å². The zero-order valence-corrected chi connectivity index (χ0v) is 15.0. The maximum absolute atomic E-state index is 6.08. The number of aromatic nitrogens is 4. The average Bonchev–Trinajstić information content (AvgIpc) is 3.08. The molecule has 3 aromatic rings. The van der Waals surface area contributed by atoms with E-state index in [1.165, 1.54) is 0 Å². The van der Waals surface area contributed by atoms with Crippen LogP contribution in [0.4, 0.5) is 0 Å². The molecule has 3 rings (SSSR count). The van der Waals surface area contributed by atoms with E-state index in [9.17, 15) is 0 Å². The molecule has 2 aromatic heterocycles. The van der Waals surface area contributed by atoms with E-state index in [0.717, 1.165) is 0 Å². The van der Waals surface area contributed by atoms with Gasteiger partial charge in [0.1, 0.15) is 10.8 Å². The van der Waals surface area contributed by atoms with Gasteiger partial charge in [0.25, 0.3) is 5.89 Å². The number of rotatable bonds is 6. The Morgan fingerprint density at radius 2 is 2.04 bits per heavy atom. The van der Waals surface area contributed by atoms with E-state index in [1.54, 1.807) is 30.3 Å². The summed E-state index contributed by atoms with van der Waals surface area (Å²) in [6, 6.07) is 8.66. The van der Waals surface area contributed by atoms with Gasteiger partial charge in [-0.2, -0.15) is 4.98 Å². The normalized spacial score (nSPS) is 12.2. The van der Waals surface area contributed by atoms with Gasteiger partial charge in [0, 0.05) is 18.5 Å². The molecule has 7 nitrogen and oxygen atoms in total. The van der Waals surface area contributed by atoms with E-state index < -0.39 is 0 Å². The van der Waals surface area contributed by atoms with Crippen molar-refractivity contribution in [3.63, 3.8) is 0 Å². The van der Waals surface area contributed by atoms with E-state index in [1.807, 2.05) is 14.0 Å². The molecule has 0 aliphatic carbocycles. The van der Waals surface area contributed by atoms with Crippen LogP contribution in [0, 0.1) is 0 Å². The first-order chi connectivity index (χ1) is 12.1. The number of likely N-dealkylation sites (N-methyl/N-ethyl adjacent to an activating group) is 1. The van der Waals surface area contributed by atoms with Crippen LogP contribution < -0.4 is 10.1 Å². The summed E-state index contributed by atoms with van der Waals surface area (Å²) < 4.78 is 10.8. The Bertz CT molecular complexity index is 854. The standard InChI is InChI=1S/C16H15Cl2N5O2/c1-9(19-2)8-13-20-16(25-23-13)11-6-7-14(22-21-11)24-12-5-3-4-10(17)15(12)18/h3-7,9,19H,8H2,1-2H3. The number of nitrogens with zero attached hydrogens (tertiary/aromatic N) is 4. The third-order valence-electron chi connectivity index (χ3n) is 3.44. The number of nitrogens with one attached hydrogen (secondary N) is 1. The van der Waals surface area contributed by atoms with Crippen molar-refractivity contribution in [2.24, 2.45) is 0 Å². The van der Waals surface area contributed by atoms with Crippen LogP contribution in [0.25, 0.3) is 11.6 Å². The Balaban J connectivity index is 1.73. The zero-order valence-electron chi connectivity index (χ0n) is 13.5. The van der Waals surface area contributed by atoms with Crippen molar-refractivity contribution in [2.45, 2.75) is 19.4 Å². The third kappa shape index (κ3) is 4.25. The molecule has 0 radical (unpaired) electrons. The summed E-state index contributed by atoms with van der Waals surface area (Å²) in [7, 11) is 1.88. The van der Waals surface area contributed by atoms with Gasteiger partial charge in [0.15, 0.2) is 11.5 Å². The van der Waals surface area contributed by atoms with Gasteiger partial charge in [0.2, 0.25) is 5.88 Å². The molecule has 0 saturated carbocycles. The molecule has 0 bridgehead atoms. The van der Waals surface area contributed by atoms with E-state index >= 15 is 0 Å². The first-order valence-corrected chi connectivity index (χ1v) is 8.28. The summed E-state index contributed by atoms with van der Waals surface area (Å²) in [5.41, 5.74) is 0.459. The lowest BCUT2D eigenvalue weighted by atomic mass is 10.2. The molecule has 2 heterocycles. The molecule has 1 unspecified atom stereocenters. The van der Waals surface area contributed by atoms with Gasteiger partial charge >= 0.3 is 0 Å². The molecular weight excluding hydrogens is 365 g/mol. The Morgan fingerprint density at radius 1 is 1.20 bits per heavy atom. The van der Waals surface area contributed by atoms with Gasteiger partial charge < -0.3 is 14.6 Å². The van der Waals surface area contributed by atoms with Crippen molar-refractivity contribution in [1.82, 2.24) is 25.7 Å². The van der Waals surface area contributed by atoms with Gasteiger partial charge in [-0.25, -0.2) is 0 Å². The molecule has 0 saturated heterocycles. The topological polar surface area (TPSA) is 86.0 Å². The quantitative estimate of drug-likeness (QED) is 0.697. The highest BCUT2D eigenvalue weighted by Gasteiger charge is 2.14. The fourth-order valence-electron chi connectivity index (χ4n) is 1.98. The molecule has 1 atom stereocenters. The molecular formula is C16H15Cl2N5O2. The highest BCUT2D eigenvalue weighted by atomic mass is 35.5. The predicted octanol–water partition coefficient (Wildman–Crippen LogP) is 3.78. The number of hydrogen-bond acceptors (Lipinski definition) is 7. The molecule has 0 fully saturated rings. The van der Waals surface area contributed by atoms with Crippen LogP contribution in [-0.2, 0) is 6.42 Å². The molecule has 1 N–H and O–H groups in total. The van der Waals surface area contributed by atoms with E-state index in [0.29, 0.717) is 39.6 Å². The molecule has 130 valence electrons. The Morgan fingerprint density at radius 3 is 2.76 bits per heavy atom. The summed E-state index contributed by atoms with van der Waals surface area (Å²) >= 11 is 12.0. The second-order valence-corrected chi connectivity index (χ2v) is 6.11. The van der Waals surface area contributed by atoms with Crippen molar-refractivity contribution in [2.75, 3.05) is 7.05 Å². The highest BCUT2D eigenvalue weighted by Crippen LogP contribution is 2.34. The van der Waals surface area contributed by atoms with Gasteiger partial charge in [-0.15, -0.1) is 10.2 Å². The van der Waals surface area contributed by atoms with Crippen molar-refractivity contribution in [1.29, 1.82) is 0 Å². The molecule has 0 aliphatic heterocycles. The predicted molar refractivity (Wildman–Crippen MR) is 94.1 cm³/mol. The van der Waals surface area contributed by atoms with Crippen LogP contribution in [0.5, 0.6) is 11.6 Å². The fraction of sp³-hybridized carbons (Fsp3) is 0.250. The molecule has 0 aliphatic rings. The first kappa shape index (κ1) is 17.6. The van der Waals surface area contributed by atoms with Gasteiger partial charge in [-0.3, -0.25) is 0 Å². The maximum Gasteiger partial charge on any atom is 0.278 e. The number of ether oxygens (including phenoxy) is 1. The molecule has 0 amide bonds. The summed E-state index contributed by atoms with van der Waals surface area (Å²) in [4.78, 5) is 4.31. The van der Waals surface area contributed by atoms with E-state index in [2.05, 4.69) is 25.7 Å². The van der Waals surface area contributed by atoms with Crippen LogP contribution in [0.2, 0.25) is 10.0 Å². The minimum absolute atomic E-state index is 0.245. The number of halogens is 2. The lowest BCUT2D eigenvalue weighted by Gasteiger charge is -2.06. The summed E-state index contributed by atoms with van der Waals surface area (Å²) in [5, 5.41) is 15.8. The zero-order chi connectivity index (χ0) is 17.8. The largest absolute Gasteiger partial charge is 0.436 e. The Kier molecular flexibility index (Phi) is 5.47. The number of hydrogen-bond donors (Lipinski definition) is 1. The van der Waals surface area contributed by atoms with Crippen molar-refractivity contribution in [3.05, 3.63) is 46.2 Å². The first-order valence-electron chi connectivity index (χ1n) is 7.52. The third-order valence-corrected chi connectivity index (χ3v) is 4.24. The Hall–Kier alpha value is -2.22. The van der Waals surface area contributed by atoms with Crippen LogP contribution in [0.1, 0.15) is 12.7 Å². The molecule has 9 heteroatoms. The average molecular weight is 380 g/mol. The van der Waals surface area contributed by atoms with Crippen molar-refractivity contribution < 1.29 is 9.26 Å². The minimum atomic E-state index is 0.245. The fourth-order valence-corrected chi connectivity index (χ4v) is 2.31. The highest BCUT2D eigenvalue weighted by molar-refractivity contribution is 6.42. The van der Waals surface area contributed by atoms with Gasteiger partial charge in [-0.1, -0.05) is 34.4 Å². The second-order valence-electron chi connectivity index (χ2n) is 5.32. The summed E-state index contributed by atoms with van der Waals surface area (Å²) in [6.45, 7) is 2.03. The lowest BCUT2D eigenvalue weighted by molar-refractivity contribution is 0.415. The monoisotopic (exact) mass is 379 g/mol. The summed E-state index contributed by atoms with van der Waals surface area (Å²) in [5.74, 6) is 1.58. The van der Waals surface area contributed by atoms with Crippen LogP contribution in [-0.4, -0.2) is 33.4 Å². The van der Waals surface area contributed by atoms with Gasteiger partial charge in [-0.05, 0) is 32.2 Å². The maximum atomic E-state index is 6.08.